The number of nitrogens with zero attached hydrogens (tertiary/aromatic N) is 2. The molecule has 1 aromatic carbocycles. The fourth-order valence-electron chi connectivity index (χ4n) is 3.58. The largest absolute Gasteiger partial charge is 0.335 e. The van der Waals surface area contributed by atoms with Crippen molar-refractivity contribution in [1.29, 1.82) is 0 Å². The maximum atomic E-state index is 12.6. The number of fused-ring (bicyclic) bond motifs is 1. The average molecular weight is 335 g/mol. The molecule has 0 radical (unpaired) electrons. The first-order valence-corrected chi connectivity index (χ1v) is 9.17. The molecule has 0 spiro atoms. The number of carbonyl (C=O) groups is 1. The van der Waals surface area contributed by atoms with E-state index in [0.29, 0.717) is 12.5 Å². The summed E-state index contributed by atoms with van der Waals surface area (Å²) in [7, 11) is 0. The average Bonchev–Trinajstić information content (AvgIpc) is 3.23. The molecule has 1 aliphatic heterocycles. The van der Waals surface area contributed by atoms with E-state index in [1.165, 1.54) is 34.1 Å². The standard InChI is InChI=1S/C19H17N3OS/c23-19-21-11-16(13-3-4-18-14(9-13)6-8-24-18)22(19)17-10-20-7-5-15(17)12-1-2-12/h3-10,12,16H,1-2,11H2,(H,21,23). The van der Waals surface area contributed by atoms with Crippen LogP contribution in [0.25, 0.3) is 10.1 Å². The number of rotatable bonds is 3. The third kappa shape index (κ3) is 2.19. The van der Waals surface area contributed by atoms with Crippen LogP contribution in [0.1, 0.15) is 35.9 Å². The third-order valence-corrected chi connectivity index (χ3v) is 5.85. The Labute approximate surface area is 144 Å². The molecule has 2 fully saturated rings. The van der Waals surface area contributed by atoms with Crippen LogP contribution in [0.4, 0.5) is 10.5 Å². The van der Waals surface area contributed by atoms with E-state index in [0.717, 1.165) is 5.69 Å². The molecule has 4 nitrogen and oxygen atoms in total. The van der Waals surface area contributed by atoms with Crippen molar-refractivity contribution in [3.8, 4) is 0 Å². The van der Waals surface area contributed by atoms with Gasteiger partial charge in [0.05, 0.1) is 17.9 Å². The fourth-order valence-corrected chi connectivity index (χ4v) is 4.35. The third-order valence-electron chi connectivity index (χ3n) is 4.95. The zero-order chi connectivity index (χ0) is 16.1. The maximum Gasteiger partial charge on any atom is 0.322 e. The Hall–Kier alpha value is -2.40. The number of aromatic nitrogens is 1. The number of carbonyl (C=O) groups excluding carboxylic acids is 1. The second-order valence-electron chi connectivity index (χ2n) is 6.50. The van der Waals surface area contributed by atoms with Crippen LogP contribution in [0.5, 0.6) is 0 Å². The zero-order valence-electron chi connectivity index (χ0n) is 13.1. The maximum absolute atomic E-state index is 12.6. The first-order chi connectivity index (χ1) is 11.8. The molecule has 5 heteroatoms. The first-order valence-electron chi connectivity index (χ1n) is 8.29. The van der Waals surface area contributed by atoms with Crippen molar-refractivity contribution in [3.63, 3.8) is 0 Å². The molecule has 24 heavy (non-hydrogen) atoms. The van der Waals surface area contributed by atoms with E-state index in [9.17, 15) is 4.79 Å². The van der Waals surface area contributed by atoms with E-state index in [-0.39, 0.29) is 12.1 Å². The Morgan fingerprint density at radius 2 is 2.12 bits per heavy atom. The molecule has 2 amide bonds. The van der Waals surface area contributed by atoms with Crippen molar-refractivity contribution in [2.45, 2.75) is 24.8 Å². The van der Waals surface area contributed by atoms with Crippen molar-refractivity contribution >= 4 is 33.1 Å². The van der Waals surface area contributed by atoms with E-state index in [1.807, 2.05) is 17.3 Å². The molecule has 1 saturated heterocycles. The first kappa shape index (κ1) is 14.0. The highest BCUT2D eigenvalue weighted by atomic mass is 32.1. The molecule has 0 bridgehead atoms. The molecule has 1 N–H and O–H groups in total. The lowest BCUT2D eigenvalue weighted by atomic mass is 10.0. The van der Waals surface area contributed by atoms with Crippen molar-refractivity contribution in [2.24, 2.45) is 0 Å². The summed E-state index contributed by atoms with van der Waals surface area (Å²) in [6, 6.07) is 10.7. The molecule has 3 heterocycles. The molecular formula is C19H17N3OS. The van der Waals surface area contributed by atoms with Gasteiger partial charge in [-0.25, -0.2) is 4.79 Å². The lowest BCUT2D eigenvalue weighted by Gasteiger charge is -2.25. The second kappa shape index (κ2) is 5.31. The smallest absolute Gasteiger partial charge is 0.322 e. The molecule has 2 aromatic heterocycles. The van der Waals surface area contributed by atoms with E-state index < -0.39 is 0 Å². The van der Waals surface area contributed by atoms with Crippen LogP contribution in [-0.4, -0.2) is 17.6 Å². The van der Waals surface area contributed by atoms with Gasteiger partial charge in [-0.3, -0.25) is 9.88 Å². The van der Waals surface area contributed by atoms with Crippen LogP contribution in [-0.2, 0) is 0 Å². The van der Waals surface area contributed by atoms with E-state index in [1.54, 1.807) is 11.3 Å². The molecular weight excluding hydrogens is 318 g/mol. The highest BCUT2D eigenvalue weighted by Gasteiger charge is 2.37. The summed E-state index contributed by atoms with van der Waals surface area (Å²) < 4.78 is 1.28. The number of hydrogen-bond acceptors (Lipinski definition) is 3. The molecule has 120 valence electrons. The summed E-state index contributed by atoms with van der Waals surface area (Å²) >= 11 is 1.74. The SMILES string of the molecule is O=C1NCC(c2ccc3sccc3c2)N1c1cnccc1C1CC1. The number of pyridine rings is 1. The second-order valence-corrected chi connectivity index (χ2v) is 7.45. The summed E-state index contributed by atoms with van der Waals surface area (Å²) in [4.78, 5) is 18.7. The number of urea groups is 1. The minimum absolute atomic E-state index is 0.0171. The van der Waals surface area contributed by atoms with E-state index >= 15 is 0 Å². The number of nitrogens with one attached hydrogen (secondary N) is 1. The summed E-state index contributed by atoms with van der Waals surface area (Å²) in [6.45, 7) is 0.632. The van der Waals surface area contributed by atoms with Gasteiger partial charge >= 0.3 is 6.03 Å². The Bertz CT molecular complexity index is 931. The number of anilines is 1. The van der Waals surface area contributed by atoms with Gasteiger partial charge < -0.3 is 5.32 Å². The van der Waals surface area contributed by atoms with Crippen molar-refractivity contribution < 1.29 is 4.79 Å². The highest BCUT2D eigenvalue weighted by molar-refractivity contribution is 7.17. The predicted octanol–water partition coefficient (Wildman–Crippen LogP) is 4.44. The predicted molar refractivity (Wildman–Crippen MR) is 96.7 cm³/mol. The lowest BCUT2D eigenvalue weighted by molar-refractivity contribution is 0.251. The number of hydrogen-bond donors (Lipinski definition) is 1. The topological polar surface area (TPSA) is 45.2 Å². The van der Waals surface area contributed by atoms with Crippen LogP contribution in [0.3, 0.4) is 0 Å². The number of amides is 2. The van der Waals surface area contributed by atoms with Crippen LogP contribution in [0, 0.1) is 0 Å². The summed E-state index contributed by atoms with van der Waals surface area (Å²) in [5.41, 5.74) is 3.39. The van der Waals surface area contributed by atoms with Crippen molar-refractivity contribution in [1.82, 2.24) is 10.3 Å². The minimum atomic E-state index is -0.0275. The van der Waals surface area contributed by atoms with Gasteiger partial charge in [0.15, 0.2) is 0 Å². The number of thiophene rings is 1. The van der Waals surface area contributed by atoms with E-state index in [4.69, 9.17) is 0 Å². The zero-order valence-corrected chi connectivity index (χ0v) is 13.9. The van der Waals surface area contributed by atoms with Gasteiger partial charge in [0, 0.05) is 17.4 Å². The quantitative estimate of drug-likeness (QED) is 0.769. The molecule has 5 rings (SSSR count). The van der Waals surface area contributed by atoms with Gasteiger partial charge in [0.25, 0.3) is 0 Å². The minimum Gasteiger partial charge on any atom is -0.335 e. The Balaban J connectivity index is 1.59. The fraction of sp³-hybridized carbons (Fsp3) is 0.263. The van der Waals surface area contributed by atoms with Crippen LogP contribution in [0.2, 0.25) is 0 Å². The van der Waals surface area contributed by atoms with Gasteiger partial charge in [0.2, 0.25) is 0 Å². The van der Waals surface area contributed by atoms with Gasteiger partial charge in [-0.05, 0) is 64.9 Å². The number of benzene rings is 1. The van der Waals surface area contributed by atoms with Gasteiger partial charge in [0.1, 0.15) is 0 Å². The lowest BCUT2D eigenvalue weighted by Crippen LogP contribution is -2.30. The van der Waals surface area contributed by atoms with Crippen LogP contribution < -0.4 is 10.2 Å². The summed E-state index contributed by atoms with van der Waals surface area (Å²) in [5.74, 6) is 0.580. The molecule has 3 aromatic rings. The van der Waals surface area contributed by atoms with Gasteiger partial charge in [-0.2, -0.15) is 0 Å². The molecule has 2 aliphatic rings. The Morgan fingerprint density at radius 1 is 1.21 bits per heavy atom. The van der Waals surface area contributed by atoms with E-state index in [2.05, 4.69) is 46.0 Å². The molecule has 1 atom stereocenters. The molecule has 1 unspecified atom stereocenters. The van der Waals surface area contributed by atoms with Crippen molar-refractivity contribution in [3.05, 3.63) is 59.2 Å². The summed E-state index contributed by atoms with van der Waals surface area (Å²) in [5, 5.41) is 6.36. The molecule has 1 saturated carbocycles. The Morgan fingerprint density at radius 3 is 3.00 bits per heavy atom. The van der Waals surface area contributed by atoms with Crippen LogP contribution in [0.15, 0.2) is 48.1 Å². The van der Waals surface area contributed by atoms with Gasteiger partial charge in [-0.15, -0.1) is 11.3 Å². The highest BCUT2D eigenvalue weighted by Crippen LogP contribution is 2.46. The Kier molecular flexibility index (Phi) is 3.10. The monoisotopic (exact) mass is 335 g/mol. The van der Waals surface area contributed by atoms with Gasteiger partial charge in [-0.1, -0.05) is 6.07 Å². The molecule has 1 aliphatic carbocycles. The summed E-state index contributed by atoms with van der Waals surface area (Å²) in [6.07, 6.45) is 6.09. The van der Waals surface area contributed by atoms with Crippen LogP contribution >= 0.6 is 11.3 Å². The van der Waals surface area contributed by atoms with Crippen molar-refractivity contribution in [2.75, 3.05) is 11.4 Å². The normalized spacial score (nSPS) is 20.6.